The minimum Gasteiger partial charge on any atom is -0.725 e. The molecule has 0 nitrogen and oxygen atoms in total. The van der Waals surface area contributed by atoms with Crippen LogP contribution in [0.5, 0.6) is 0 Å². The van der Waals surface area contributed by atoms with Gasteiger partial charge in [0.05, 0.1) is 0 Å². The maximum Gasteiger partial charge on any atom is 0.127 e. The summed E-state index contributed by atoms with van der Waals surface area (Å²) in [6.45, 7) is 0. The van der Waals surface area contributed by atoms with Crippen molar-refractivity contribution in [2.45, 2.75) is 0 Å². The molecule has 0 fully saturated rings. The summed E-state index contributed by atoms with van der Waals surface area (Å²) in [7, 11) is 5.88. The highest BCUT2D eigenvalue weighted by Crippen LogP contribution is 2.89. The SMILES string of the molecule is CSP(=S)([S-])SSP(=S)(S)SSP(=S)([S-])S. The zero-order valence-corrected chi connectivity index (χ0v) is 20.0. The second-order valence-corrected chi connectivity index (χ2v) is 47.1. The van der Waals surface area contributed by atoms with Gasteiger partial charge in [-0.2, -0.15) is 12.2 Å². The van der Waals surface area contributed by atoms with Gasteiger partial charge >= 0.3 is 0 Å². The van der Waals surface area contributed by atoms with Crippen molar-refractivity contribution in [3.05, 3.63) is 0 Å². The van der Waals surface area contributed by atoms with E-state index in [0.29, 0.717) is 0 Å². The molecule has 16 heavy (non-hydrogen) atoms. The normalized spacial score (nSPS) is 23.1. The molecule has 0 heterocycles. The van der Waals surface area contributed by atoms with Gasteiger partial charge in [0.1, 0.15) is 3.64 Å². The fraction of sp³-hybridized carbons (Fsp3) is 1.00. The summed E-state index contributed by atoms with van der Waals surface area (Å²) in [5.74, 6) is 0. The van der Waals surface area contributed by atoms with Crippen LogP contribution < -0.4 is 0 Å². The van der Waals surface area contributed by atoms with Crippen LogP contribution in [0.3, 0.4) is 0 Å². The smallest absolute Gasteiger partial charge is 0.127 e. The molecule has 0 aromatic heterocycles. The second kappa shape index (κ2) is 9.29. The van der Waals surface area contributed by atoms with E-state index in [1.165, 1.54) is 41.7 Å². The molecule has 0 saturated carbocycles. The van der Waals surface area contributed by atoms with E-state index < -0.39 is 10.9 Å². The fourth-order valence-electron chi connectivity index (χ4n) is 0.210. The highest BCUT2D eigenvalue weighted by atomic mass is 33.9. The highest BCUT2D eigenvalue weighted by molar-refractivity contribution is 9.53. The Balaban J connectivity index is 4.22. The van der Waals surface area contributed by atoms with E-state index in [1.54, 1.807) is 11.4 Å². The van der Waals surface area contributed by atoms with E-state index in [4.69, 9.17) is 59.9 Å². The van der Waals surface area contributed by atoms with Gasteiger partial charge in [0.2, 0.25) is 0 Å². The molecule has 0 amide bonds. The van der Waals surface area contributed by atoms with Gasteiger partial charge < -0.3 is 24.5 Å². The maximum absolute atomic E-state index is 5.39. The predicted molar refractivity (Wildman–Crippen MR) is 119 cm³/mol. The topological polar surface area (TPSA) is 0 Å². The lowest BCUT2D eigenvalue weighted by atomic mass is 12.0. The average Bonchev–Trinajstić information content (AvgIpc) is 2.12. The molecule has 0 aliphatic carbocycles. The van der Waals surface area contributed by atoms with Crippen LogP contribution in [0.1, 0.15) is 0 Å². The summed E-state index contributed by atoms with van der Waals surface area (Å²) in [6, 6.07) is 0. The Labute approximate surface area is 152 Å². The molecule has 0 rings (SSSR count). The molecule has 3 unspecified atom stereocenters. The van der Waals surface area contributed by atoms with Crippen LogP contribution in [0.25, 0.3) is 0 Å². The van der Waals surface area contributed by atoms with Crippen molar-refractivity contribution in [3.8, 4) is 0 Å². The predicted octanol–water partition coefficient (Wildman–Crippen LogP) is 6.74. The van der Waals surface area contributed by atoms with Gasteiger partial charge in [-0.05, 0) is 27.1 Å². The summed E-state index contributed by atoms with van der Waals surface area (Å²) in [6.07, 6.45) is 1.93. The minimum absolute atomic E-state index is 1.39. The van der Waals surface area contributed by atoms with Crippen LogP contribution in [0.2, 0.25) is 0 Å². The van der Waals surface area contributed by atoms with E-state index >= 15 is 0 Å². The summed E-state index contributed by atoms with van der Waals surface area (Å²) < 4.78 is -5.68. The van der Waals surface area contributed by atoms with Crippen molar-refractivity contribution >= 4 is 148 Å². The van der Waals surface area contributed by atoms with Gasteiger partial charge in [-0.1, -0.05) is 39.9 Å². The molecule has 0 spiro atoms. The van der Waals surface area contributed by atoms with Crippen molar-refractivity contribution in [2.24, 2.45) is 0 Å². The summed E-state index contributed by atoms with van der Waals surface area (Å²) in [5, 5.41) is 0. The Morgan fingerprint density at radius 1 is 0.938 bits per heavy atom. The Morgan fingerprint density at radius 3 is 1.75 bits per heavy atom. The zero-order valence-electron chi connectivity index (χ0n) is 7.32. The third-order valence-corrected chi connectivity index (χ3v) is 41.7. The van der Waals surface area contributed by atoms with Crippen molar-refractivity contribution in [2.75, 3.05) is 6.26 Å². The van der Waals surface area contributed by atoms with E-state index in [9.17, 15) is 0 Å². The van der Waals surface area contributed by atoms with Crippen LogP contribution in [0.4, 0.5) is 0 Å². The number of hydrogen-bond acceptors (Lipinski definition) is 10. The number of rotatable bonds is 7. The molecule has 0 radical (unpaired) electrons. The first-order valence-electron chi connectivity index (χ1n) is 2.97. The third-order valence-electron chi connectivity index (χ3n) is 0.664. The molecule has 0 aromatic rings. The van der Waals surface area contributed by atoms with Crippen molar-refractivity contribution in [1.29, 1.82) is 0 Å². The lowest BCUT2D eigenvalue weighted by Crippen LogP contribution is -1.55. The Kier molecular flexibility index (Phi) is 12.2. The largest absolute Gasteiger partial charge is 0.725 e. The third kappa shape index (κ3) is 12.8. The van der Waals surface area contributed by atoms with Gasteiger partial charge in [-0.15, -0.1) is 47.2 Å². The van der Waals surface area contributed by atoms with Crippen LogP contribution >= 0.6 is 88.5 Å². The van der Waals surface area contributed by atoms with E-state index in [2.05, 4.69) is 24.5 Å². The lowest BCUT2D eigenvalue weighted by molar-refractivity contribution is 2.54. The Bertz CT molecular complexity index is 351. The summed E-state index contributed by atoms with van der Waals surface area (Å²) >= 11 is 36.2. The average molecular weight is 495 g/mol. The first-order chi connectivity index (χ1) is 6.97. The molecule has 98 valence electrons. The molecule has 0 aliphatic rings. The van der Waals surface area contributed by atoms with Gasteiger partial charge in [0.25, 0.3) is 0 Å². The van der Waals surface area contributed by atoms with Crippen LogP contribution in [0, 0.1) is 0 Å². The highest BCUT2D eigenvalue weighted by Gasteiger charge is 2.17. The van der Waals surface area contributed by atoms with Gasteiger partial charge in [0.15, 0.2) is 0 Å². The van der Waals surface area contributed by atoms with Crippen molar-refractivity contribution < 1.29 is 0 Å². The molecule has 0 bridgehead atoms. The van der Waals surface area contributed by atoms with Crippen LogP contribution in [0.15, 0.2) is 0 Å². The van der Waals surface area contributed by atoms with Gasteiger partial charge in [-0.3, -0.25) is 0 Å². The lowest BCUT2D eigenvalue weighted by Gasteiger charge is -2.27. The summed E-state index contributed by atoms with van der Waals surface area (Å²) in [5.41, 5.74) is 0. The van der Waals surface area contributed by atoms with Crippen LogP contribution in [-0.2, 0) is 59.9 Å². The first kappa shape index (κ1) is 21.1. The molecule has 3 atom stereocenters. The monoisotopic (exact) mass is 494 g/mol. The number of thiol groups is 2. The van der Waals surface area contributed by atoms with Crippen molar-refractivity contribution in [1.82, 2.24) is 0 Å². The van der Waals surface area contributed by atoms with Gasteiger partial charge in [-0.25, -0.2) is 0 Å². The number of hydrogen-bond donors (Lipinski definition) is 2. The van der Waals surface area contributed by atoms with E-state index in [1.807, 2.05) is 6.26 Å². The van der Waals surface area contributed by atoms with E-state index in [0.717, 1.165) is 0 Å². The first-order valence-corrected chi connectivity index (χ1v) is 24.3. The zero-order chi connectivity index (χ0) is 13.0. The molecule has 0 saturated heterocycles. The quantitative estimate of drug-likeness (QED) is 0.168. The molecule has 15 heteroatoms. The van der Waals surface area contributed by atoms with E-state index in [-0.39, 0.29) is 0 Å². The standard InChI is InChI=1S/CH7P3S12/c1-12-3(8,9)14-16-4(10,11)15-13-2(5,6)7/h1H3,(H,8,9)(H,10,11)(H2,5,6,7)/p-2. The fourth-order valence-corrected chi connectivity index (χ4v) is 46.1. The second-order valence-electron chi connectivity index (χ2n) is 1.87. The Hall–Kier alpha value is 5.10. The molecule has 0 N–H and O–H groups in total. The molecule has 0 aromatic carbocycles. The molecular formula is CH5P3S12-2. The molecule has 0 aliphatic heterocycles. The Morgan fingerprint density at radius 2 is 1.38 bits per heavy atom. The summed E-state index contributed by atoms with van der Waals surface area (Å²) in [4.78, 5) is 0. The minimum atomic E-state index is -2.00. The van der Waals surface area contributed by atoms with Gasteiger partial charge in [0, 0.05) is 0 Å². The molecular weight excluding hydrogens is 490 g/mol. The maximum atomic E-state index is 5.39. The van der Waals surface area contributed by atoms with Crippen molar-refractivity contribution in [3.63, 3.8) is 0 Å². The van der Waals surface area contributed by atoms with Crippen LogP contribution in [-0.4, -0.2) is 6.26 Å².